The van der Waals surface area contributed by atoms with E-state index >= 15 is 0 Å². The third-order valence-corrected chi connectivity index (χ3v) is 9.31. The van der Waals surface area contributed by atoms with Crippen LogP contribution in [0.2, 0.25) is 0 Å². The van der Waals surface area contributed by atoms with Crippen molar-refractivity contribution in [3.63, 3.8) is 0 Å². The summed E-state index contributed by atoms with van der Waals surface area (Å²) in [6.07, 6.45) is 3.79. The van der Waals surface area contributed by atoms with Crippen molar-refractivity contribution in [3.8, 4) is 11.5 Å². The number of ether oxygens (including phenoxy) is 2. The SMILES string of the molecule is COc1ccc(CC(=O)NC(CCN2CCC3(CC2)CCN(Cc2ccc(Br)cc2)C3=O)c2ccccc2)cc1OC. The summed E-state index contributed by atoms with van der Waals surface area (Å²) >= 11 is 3.49. The van der Waals surface area contributed by atoms with Crippen LogP contribution < -0.4 is 14.8 Å². The van der Waals surface area contributed by atoms with Crippen LogP contribution in [0.3, 0.4) is 0 Å². The van der Waals surface area contributed by atoms with Gasteiger partial charge in [-0.1, -0.05) is 64.5 Å². The first kappa shape index (κ1) is 30.1. The summed E-state index contributed by atoms with van der Waals surface area (Å²) in [6, 6.07) is 23.9. The number of amides is 2. The van der Waals surface area contributed by atoms with Gasteiger partial charge < -0.3 is 24.6 Å². The van der Waals surface area contributed by atoms with E-state index in [1.165, 1.54) is 5.56 Å². The zero-order chi connectivity index (χ0) is 29.5. The second-order valence-electron chi connectivity index (χ2n) is 11.4. The zero-order valence-corrected chi connectivity index (χ0v) is 26.1. The number of methoxy groups -OCH3 is 2. The molecule has 2 amide bonds. The number of piperidine rings is 1. The highest BCUT2D eigenvalue weighted by Crippen LogP contribution is 2.42. The summed E-state index contributed by atoms with van der Waals surface area (Å²) in [7, 11) is 3.20. The van der Waals surface area contributed by atoms with Crippen molar-refractivity contribution in [1.82, 2.24) is 15.1 Å². The van der Waals surface area contributed by atoms with Gasteiger partial charge >= 0.3 is 0 Å². The lowest BCUT2D eigenvalue weighted by molar-refractivity contribution is -0.139. The highest BCUT2D eigenvalue weighted by molar-refractivity contribution is 9.10. The Hall–Kier alpha value is -3.36. The van der Waals surface area contributed by atoms with E-state index in [2.05, 4.69) is 50.4 Å². The second-order valence-corrected chi connectivity index (χ2v) is 12.3. The third-order valence-electron chi connectivity index (χ3n) is 8.78. The average Bonchev–Trinajstić information content (AvgIpc) is 3.31. The maximum absolute atomic E-state index is 13.5. The van der Waals surface area contributed by atoms with Crippen LogP contribution in [0, 0.1) is 5.41 Å². The van der Waals surface area contributed by atoms with Crippen LogP contribution in [0.5, 0.6) is 11.5 Å². The maximum atomic E-state index is 13.5. The Labute approximate surface area is 257 Å². The fourth-order valence-corrected chi connectivity index (χ4v) is 6.53. The van der Waals surface area contributed by atoms with E-state index in [0.717, 1.165) is 67.5 Å². The number of nitrogens with one attached hydrogen (secondary N) is 1. The van der Waals surface area contributed by atoms with Crippen molar-refractivity contribution in [1.29, 1.82) is 0 Å². The Morgan fingerprint density at radius 3 is 2.26 bits per heavy atom. The van der Waals surface area contributed by atoms with Crippen LogP contribution in [0.25, 0.3) is 0 Å². The van der Waals surface area contributed by atoms with Gasteiger partial charge in [-0.25, -0.2) is 0 Å². The fraction of sp³-hybridized carbons (Fsp3) is 0.412. The van der Waals surface area contributed by atoms with Crippen LogP contribution >= 0.6 is 15.9 Å². The minimum absolute atomic E-state index is 0.0314. The highest BCUT2D eigenvalue weighted by Gasteiger charge is 2.47. The normalized spacial score (nSPS) is 17.3. The molecule has 0 bridgehead atoms. The van der Waals surface area contributed by atoms with Gasteiger partial charge in [0.1, 0.15) is 0 Å². The molecule has 0 aliphatic carbocycles. The smallest absolute Gasteiger partial charge is 0.229 e. The first-order valence-electron chi connectivity index (χ1n) is 14.7. The number of carbonyl (C=O) groups is 2. The highest BCUT2D eigenvalue weighted by atomic mass is 79.9. The topological polar surface area (TPSA) is 71.1 Å². The predicted molar refractivity (Wildman–Crippen MR) is 167 cm³/mol. The van der Waals surface area contributed by atoms with Gasteiger partial charge in [0, 0.05) is 24.1 Å². The van der Waals surface area contributed by atoms with Gasteiger partial charge in [0.05, 0.1) is 32.1 Å². The predicted octanol–water partition coefficient (Wildman–Crippen LogP) is 5.77. The average molecular weight is 635 g/mol. The number of rotatable bonds is 11. The Morgan fingerprint density at radius 1 is 0.905 bits per heavy atom. The molecule has 2 saturated heterocycles. The standard InChI is InChI=1S/C34H40BrN3O4/c1-41-30-13-10-26(22-31(30)42-2)23-32(39)36-29(27-6-4-3-5-7-27)14-18-37-19-15-34(16-20-37)17-21-38(33(34)40)24-25-8-11-28(35)12-9-25/h3-13,22,29H,14-21,23-24H2,1-2H3,(H,36,39). The van der Waals surface area contributed by atoms with Gasteiger partial charge in [-0.2, -0.15) is 0 Å². The van der Waals surface area contributed by atoms with Crippen molar-refractivity contribution in [2.45, 2.75) is 44.7 Å². The summed E-state index contributed by atoms with van der Waals surface area (Å²) in [5.41, 5.74) is 2.91. The molecule has 1 N–H and O–H groups in total. The molecule has 222 valence electrons. The summed E-state index contributed by atoms with van der Waals surface area (Å²) in [6.45, 7) is 4.18. The van der Waals surface area contributed by atoms with Crippen LogP contribution in [-0.4, -0.2) is 62.0 Å². The molecule has 5 rings (SSSR count). The van der Waals surface area contributed by atoms with Crippen molar-refractivity contribution in [3.05, 3.63) is 94.0 Å². The molecule has 7 nitrogen and oxygen atoms in total. The van der Waals surface area contributed by atoms with E-state index in [4.69, 9.17) is 9.47 Å². The summed E-state index contributed by atoms with van der Waals surface area (Å²) in [4.78, 5) is 31.1. The number of benzene rings is 3. The number of halogens is 1. The van der Waals surface area contributed by atoms with Gasteiger partial charge in [-0.05, 0) is 79.7 Å². The van der Waals surface area contributed by atoms with Crippen molar-refractivity contribution < 1.29 is 19.1 Å². The van der Waals surface area contributed by atoms with Crippen molar-refractivity contribution in [2.24, 2.45) is 5.41 Å². The van der Waals surface area contributed by atoms with Crippen LogP contribution in [-0.2, 0) is 22.6 Å². The van der Waals surface area contributed by atoms with E-state index in [9.17, 15) is 9.59 Å². The lowest BCUT2D eigenvalue weighted by Gasteiger charge is -2.38. The Balaban J connectivity index is 1.15. The van der Waals surface area contributed by atoms with Gasteiger partial charge in [0.2, 0.25) is 11.8 Å². The molecule has 2 fully saturated rings. The lowest BCUT2D eigenvalue weighted by Crippen LogP contribution is -2.45. The molecular weight excluding hydrogens is 594 g/mol. The van der Waals surface area contributed by atoms with Crippen molar-refractivity contribution >= 4 is 27.7 Å². The quantitative estimate of drug-likeness (QED) is 0.290. The maximum Gasteiger partial charge on any atom is 0.229 e. The van der Waals surface area contributed by atoms with E-state index in [-0.39, 0.29) is 23.8 Å². The molecular formula is C34H40BrN3O4. The molecule has 8 heteroatoms. The number of hydrogen-bond acceptors (Lipinski definition) is 5. The van der Waals surface area contributed by atoms with Gasteiger partial charge in [0.15, 0.2) is 11.5 Å². The molecule has 2 heterocycles. The minimum atomic E-state index is -0.224. The first-order valence-corrected chi connectivity index (χ1v) is 15.5. The van der Waals surface area contributed by atoms with Crippen molar-refractivity contribution in [2.75, 3.05) is 40.4 Å². The molecule has 0 saturated carbocycles. The van der Waals surface area contributed by atoms with Crippen LogP contribution in [0.4, 0.5) is 0 Å². The molecule has 2 aliphatic heterocycles. The van der Waals surface area contributed by atoms with Gasteiger partial charge in [0.25, 0.3) is 0 Å². The second kappa shape index (κ2) is 13.7. The largest absolute Gasteiger partial charge is 0.493 e. The molecule has 1 unspecified atom stereocenters. The third kappa shape index (κ3) is 7.16. The summed E-state index contributed by atoms with van der Waals surface area (Å²) in [5, 5.41) is 3.27. The minimum Gasteiger partial charge on any atom is -0.493 e. The number of likely N-dealkylation sites (tertiary alicyclic amines) is 2. The van der Waals surface area contributed by atoms with E-state index < -0.39 is 0 Å². The van der Waals surface area contributed by atoms with Crippen LogP contribution in [0.1, 0.15) is 48.4 Å². The first-order chi connectivity index (χ1) is 20.4. The number of carbonyl (C=O) groups excluding carboxylic acids is 2. The van der Waals surface area contributed by atoms with E-state index in [1.807, 2.05) is 53.4 Å². The van der Waals surface area contributed by atoms with Gasteiger partial charge in [-0.3, -0.25) is 9.59 Å². The molecule has 1 spiro atoms. The van der Waals surface area contributed by atoms with E-state index in [1.54, 1.807) is 14.2 Å². The number of nitrogens with zero attached hydrogens (tertiary/aromatic N) is 2. The molecule has 0 radical (unpaired) electrons. The molecule has 3 aromatic rings. The molecule has 1 atom stereocenters. The Bertz CT molecular complexity index is 1360. The van der Waals surface area contributed by atoms with E-state index in [0.29, 0.717) is 24.0 Å². The lowest BCUT2D eigenvalue weighted by atomic mass is 9.77. The van der Waals surface area contributed by atoms with Crippen LogP contribution in [0.15, 0.2) is 77.3 Å². The molecule has 2 aliphatic rings. The molecule has 0 aromatic heterocycles. The Morgan fingerprint density at radius 2 is 1.57 bits per heavy atom. The Kier molecular flexibility index (Phi) is 9.85. The summed E-state index contributed by atoms with van der Waals surface area (Å²) < 4.78 is 11.8. The summed E-state index contributed by atoms with van der Waals surface area (Å²) in [5.74, 6) is 1.54. The monoisotopic (exact) mass is 633 g/mol. The fourth-order valence-electron chi connectivity index (χ4n) is 6.26. The number of hydrogen-bond donors (Lipinski definition) is 1. The van der Waals surface area contributed by atoms with Gasteiger partial charge in [-0.15, -0.1) is 0 Å². The zero-order valence-electron chi connectivity index (χ0n) is 24.5. The molecule has 42 heavy (non-hydrogen) atoms. The molecule has 3 aromatic carbocycles.